The molecule has 1 heterocycles. The van der Waals surface area contributed by atoms with Crippen molar-refractivity contribution in [3.63, 3.8) is 0 Å². The standard InChI is InChI=1S/C10H10.CH3.In/c1-2-3-7-10-8-5-4-6-9-10;;/h2-9H,1H2;1H3;. The van der Waals surface area contributed by atoms with Crippen LogP contribution in [0.1, 0.15) is 9.24 Å². The molecule has 12 heavy (non-hydrogen) atoms. The monoisotopic (exact) mass is 260 g/mol. The molecule has 0 nitrogen and oxygen atoms in total. The summed E-state index contributed by atoms with van der Waals surface area (Å²) >= 11 is -1.16. The minimum atomic E-state index is -1.16. The van der Waals surface area contributed by atoms with Crippen molar-refractivity contribution in [2.45, 2.75) is 12.5 Å². The molecule has 0 spiro atoms. The maximum absolute atomic E-state index is 2.53. The van der Waals surface area contributed by atoms with E-state index in [0.29, 0.717) is 0 Å². The van der Waals surface area contributed by atoms with Gasteiger partial charge in [0.25, 0.3) is 0 Å². The van der Waals surface area contributed by atoms with Crippen LogP contribution in [0.5, 0.6) is 0 Å². The van der Waals surface area contributed by atoms with E-state index in [1.165, 1.54) is 4.18 Å². The minimum absolute atomic E-state index is 0.869. The Morgan fingerprint density at radius 2 is 2.00 bits per heavy atom. The van der Waals surface area contributed by atoms with E-state index < -0.39 is 21.4 Å². The molecule has 0 saturated heterocycles. The Balaban J connectivity index is 2.25. The Kier molecular flexibility index (Phi) is 2.60. The molecule has 1 heteroatoms. The van der Waals surface area contributed by atoms with Gasteiger partial charge in [0.2, 0.25) is 0 Å². The first-order valence-electron chi connectivity index (χ1n) is 4.59. The first kappa shape index (κ1) is 8.43. The summed E-state index contributed by atoms with van der Waals surface area (Å²) in [4.78, 5) is 0. The summed E-state index contributed by atoms with van der Waals surface area (Å²) in [6.07, 6.45) is 4.81. The Morgan fingerprint density at radius 3 is 2.58 bits per heavy atom. The normalized spacial score (nSPS) is 21.8. The molecule has 1 aromatic rings. The van der Waals surface area contributed by atoms with E-state index in [9.17, 15) is 0 Å². The molecule has 0 N–H and O–H groups in total. The average molecular weight is 260 g/mol. The van der Waals surface area contributed by atoms with E-state index in [2.05, 4.69) is 47.2 Å². The van der Waals surface area contributed by atoms with Gasteiger partial charge in [0.1, 0.15) is 0 Å². The first-order valence-corrected chi connectivity index (χ1v) is 12.1. The van der Waals surface area contributed by atoms with E-state index in [1.807, 2.05) is 0 Å². The molecule has 0 amide bonds. The molecule has 1 aliphatic heterocycles. The number of allylic oxidation sites excluding steroid dienone is 2. The predicted molar refractivity (Wildman–Crippen MR) is 54.7 cm³/mol. The third kappa shape index (κ3) is 1.61. The quantitative estimate of drug-likeness (QED) is 0.681. The zero-order valence-corrected chi connectivity index (χ0v) is 10.7. The number of benzene rings is 1. The molecule has 0 aromatic heterocycles. The van der Waals surface area contributed by atoms with Crippen LogP contribution in [0.15, 0.2) is 42.5 Å². The first-order chi connectivity index (χ1) is 5.88. The zero-order valence-electron chi connectivity index (χ0n) is 7.40. The molecule has 0 bridgehead atoms. The second kappa shape index (κ2) is 3.69. The van der Waals surface area contributed by atoms with Crippen molar-refractivity contribution >= 4 is 21.4 Å². The molecule has 0 fully saturated rings. The number of hydrogen-bond acceptors (Lipinski definition) is 0. The zero-order chi connectivity index (χ0) is 8.39. The van der Waals surface area contributed by atoms with Crippen molar-refractivity contribution in [2.24, 2.45) is 0 Å². The van der Waals surface area contributed by atoms with Crippen LogP contribution in [-0.2, 0) is 0 Å². The second-order valence-corrected chi connectivity index (χ2v) is 12.6. The van der Waals surface area contributed by atoms with Crippen molar-refractivity contribution in [2.75, 3.05) is 0 Å². The fraction of sp³-hybridized carbons (Fsp3) is 0.273. The fourth-order valence-corrected chi connectivity index (χ4v) is 8.44. The van der Waals surface area contributed by atoms with Gasteiger partial charge in [-0.05, 0) is 0 Å². The van der Waals surface area contributed by atoms with Crippen LogP contribution in [0.2, 0.25) is 8.86 Å². The third-order valence-electron chi connectivity index (χ3n) is 2.65. The summed E-state index contributed by atoms with van der Waals surface area (Å²) in [6.45, 7) is 0. The van der Waals surface area contributed by atoms with Gasteiger partial charge in [-0.25, -0.2) is 0 Å². The molecule has 60 valence electrons. The van der Waals surface area contributed by atoms with Gasteiger partial charge in [-0.2, -0.15) is 0 Å². The van der Waals surface area contributed by atoms with E-state index >= 15 is 0 Å². The molecule has 0 aliphatic carbocycles. The Labute approximate surface area is 81.8 Å². The Morgan fingerprint density at radius 1 is 1.25 bits per heavy atom. The summed E-state index contributed by atoms with van der Waals surface area (Å²) in [5.41, 5.74) is 1.55. The SMILES string of the molecule is [CH3][In]1[CH2]C=C[CH]1c1ccccc1. The Bertz CT molecular complexity index is 276. The predicted octanol–water partition coefficient (Wildman–Crippen LogP) is 3.00. The van der Waals surface area contributed by atoms with Gasteiger partial charge in [0.15, 0.2) is 0 Å². The average Bonchev–Trinajstić information content (AvgIpc) is 2.53. The molecule has 1 aliphatic rings. The molecule has 1 aromatic carbocycles. The third-order valence-corrected chi connectivity index (χ3v) is 10.8. The number of rotatable bonds is 1. The van der Waals surface area contributed by atoms with Crippen molar-refractivity contribution in [3.8, 4) is 0 Å². The van der Waals surface area contributed by atoms with Gasteiger partial charge in [0.05, 0.1) is 0 Å². The van der Waals surface area contributed by atoms with Crippen LogP contribution in [0.3, 0.4) is 0 Å². The summed E-state index contributed by atoms with van der Waals surface area (Å²) in [7, 11) is 0. The summed E-state index contributed by atoms with van der Waals surface area (Å²) in [5.74, 6) is 0. The molecular formula is C11H13In. The molecule has 0 radical (unpaired) electrons. The van der Waals surface area contributed by atoms with Gasteiger partial charge in [-0.15, -0.1) is 0 Å². The van der Waals surface area contributed by atoms with E-state index in [-0.39, 0.29) is 0 Å². The van der Waals surface area contributed by atoms with Gasteiger partial charge < -0.3 is 0 Å². The summed E-state index contributed by atoms with van der Waals surface area (Å²) < 4.78 is 4.84. The van der Waals surface area contributed by atoms with Crippen LogP contribution in [0.4, 0.5) is 0 Å². The van der Waals surface area contributed by atoms with Gasteiger partial charge in [-0.1, -0.05) is 0 Å². The molecule has 1 unspecified atom stereocenters. The van der Waals surface area contributed by atoms with Crippen LogP contribution >= 0.6 is 0 Å². The van der Waals surface area contributed by atoms with Crippen LogP contribution in [0, 0.1) is 0 Å². The molecule has 0 saturated carbocycles. The van der Waals surface area contributed by atoms with Crippen LogP contribution in [-0.4, -0.2) is 21.4 Å². The van der Waals surface area contributed by atoms with Crippen molar-refractivity contribution < 1.29 is 0 Å². The maximum atomic E-state index is 2.53. The number of hydrogen-bond donors (Lipinski definition) is 0. The van der Waals surface area contributed by atoms with Gasteiger partial charge in [0, 0.05) is 0 Å². The van der Waals surface area contributed by atoms with E-state index in [0.717, 1.165) is 3.67 Å². The molecular weight excluding hydrogens is 247 g/mol. The van der Waals surface area contributed by atoms with Crippen LogP contribution < -0.4 is 0 Å². The molecule has 1 atom stereocenters. The van der Waals surface area contributed by atoms with Crippen LogP contribution in [0.25, 0.3) is 0 Å². The second-order valence-electron chi connectivity index (χ2n) is 3.58. The molecule has 2 rings (SSSR count). The van der Waals surface area contributed by atoms with Crippen molar-refractivity contribution in [1.29, 1.82) is 0 Å². The van der Waals surface area contributed by atoms with Gasteiger partial charge in [-0.3, -0.25) is 0 Å². The van der Waals surface area contributed by atoms with Crippen molar-refractivity contribution in [1.82, 2.24) is 0 Å². The van der Waals surface area contributed by atoms with Gasteiger partial charge >= 0.3 is 82.0 Å². The Hall–Kier alpha value is -0.170. The summed E-state index contributed by atoms with van der Waals surface area (Å²) in [6, 6.07) is 10.9. The fourth-order valence-electron chi connectivity index (χ4n) is 1.89. The van der Waals surface area contributed by atoms with E-state index in [1.54, 1.807) is 5.56 Å². The van der Waals surface area contributed by atoms with E-state index in [4.69, 9.17) is 0 Å². The summed E-state index contributed by atoms with van der Waals surface area (Å²) in [5, 5.41) is 0. The topological polar surface area (TPSA) is 0 Å². The van der Waals surface area contributed by atoms with Crippen molar-refractivity contribution in [3.05, 3.63) is 48.0 Å².